The molecule has 3 rings (SSSR count). The maximum absolute atomic E-state index is 11.7. The lowest BCUT2D eigenvalue weighted by Crippen LogP contribution is -2.05. The van der Waals surface area contributed by atoms with Crippen LogP contribution in [0.15, 0.2) is 24.5 Å². The van der Waals surface area contributed by atoms with Crippen LogP contribution in [-0.2, 0) is 4.74 Å². The number of carbonyl (C=O) groups is 1. The molecular formula is C12H9ClN4O2. The highest BCUT2D eigenvalue weighted by molar-refractivity contribution is 6.34. The number of halogens is 1. The fourth-order valence-corrected chi connectivity index (χ4v) is 2.07. The predicted molar refractivity (Wildman–Crippen MR) is 69.3 cm³/mol. The molecule has 0 bridgehead atoms. The summed E-state index contributed by atoms with van der Waals surface area (Å²) in [5.74, 6) is -0.485. The topological polar surface area (TPSA) is 69.4 Å². The van der Waals surface area contributed by atoms with E-state index in [1.807, 2.05) is 0 Å². The molecule has 0 aliphatic heterocycles. The third-order valence-electron chi connectivity index (χ3n) is 2.64. The van der Waals surface area contributed by atoms with Crippen molar-refractivity contribution >= 4 is 34.1 Å². The van der Waals surface area contributed by atoms with Gasteiger partial charge >= 0.3 is 5.97 Å². The Morgan fingerprint density at radius 3 is 3.16 bits per heavy atom. The highest BCUT2D eigenvalue weighted by Gasteiger charge is 2.15. The largest absolute Gasteiger partial charge is 0.461 e. The first-order valence-corrected chi connectivity index (χ1v) is 6.04. The van der Waals surface area contributed by atoms with Gasteiger partial charge in [-0.15, -0.1) is 0 Å². The zero-order valence-electron chi connectivity index (χ0n) is 10.00. The molecule has 0 fully saturated rings. The summed E-state index contributed by atoms with van der Waals surface area (Å²) in [6, 6.07) is 3.28. The first-order chi connectivity index (χ1) is 9.20. The molecule has 0 aliphatic rings. The van der Waals surface area contributed by atoms with Crippen molar-refractivity contribution in [2.45, 2.75) is 6.92 Å². The Hall–Kier alpha value is -2.21. The van der Waals surface area contributed by atoms with Crippen LogP contribution in [0.25, 0.3) is 16.6 Å². The Morgan fingerprint density at radius 2 is 2.37 bits per heavy atom. The molecule has 3 heterocycles. The van der Waals surface area contributed by atoms with Gasteiger partial charge in [0.25, 0.3) is 0 Å². The van der Waals surface area contributed by atoms with Gasteiger partial charge in [0.2, 0.25) is 0 Å². The van der Waals surface area contributed by atoms with E-state index < -0.39 is 5.97 Å². The third kappa shape index (κ3) is 1.90. The molecule has 0 radical (unpaired) electrons. The summed E-state index contributed by atoms with van der Waals surface area (Å²) in [6.07, 6.45) is 3.25. The molecule has 0 saturated heterocycles. The van der Waals surface area contributed by atoms with E-state index in [4.69, 9.17) is 16.3 Å². The molecule has 7 heteroatoms. The zero-order chi connectivity index (χ0) is 13.4. The van der Waals surface area contributed by atoms with Crippen LogP contribution in [0.5, 0.6) is 0 Å². The van der Waals surface area contributed by atoms with Crippen molar-refractivity contribution in [3.8, 4) is 0 Å². The summed E-state index contributed by atoms with van der Waals surface area (Å²) >= 11 is 6.09. The summed E-state index contributed by atoms with van der Waals surface area (Å²) in [5, 5.41) is 5.25. The fourth-order valence-electron chi connectivity index (χ4n) is 1.82. The number of fused-ring (bicyclic) bond motifs is 3. The number of ether oxygens (including phenoxy) is 1. The van der Waals surface area contributed by atoms with E-state index in [2.05, 4.69) is 15.1 Å². The number of hydrogen-bond acceptors (Lipinski definition) is 5. The Bertz CT molecular complexity index is 784. The zero-order valence-corrected chi connectivity index (χ0v) is 10.8. The van der Waals surface area contributed by atoms with E-state index in [1.165, 1.54) is 10.6 Å². The number of rotatable bonds is 2. The second-order valence-electron chi connectivity index (χ2n) is 3.82. The van der Waals surface area contributed by atoms with Gasteiger partial charge in [-0.05, 0) is 13.0 Å². The van der Waals surface area contributed by atoms with Gasteiger partial charge in [-0.1, -0.05) is 11.6 Å². The molecule has 0 unspecified atom stereocenters. The molecule has 0 N–H and O–H groups in total. The van der Waals surface area contributed by atoms with E-state index in [0.29, 0.717) is 22.9 Å². The summed E-state index contributed by atoms with van der Waals surface area (Å²) in [6.45, 7) is 2.03. The minimum Gasteiger partial charge on any atom is -0.461 e. The number of pyridine rings is 1. The molecule has 0 aliphatic carbocycles. The number of carbonyl (C=O) groups excluding carboxylic acids is 1. The molecule has 96 valence electrons. The van der Waals surface area contributed by atoms with Gasteiger partial charge in [0.05, 0.1) is 18.3 Å². The van der Waals surface area contributed by atoms with Gasteiger partial charge in [-0.25, -0.2) is 14.3 Å². The van der Waals surface area contributed by atoms with Crippen LogP contribution in [0.2, 0.25) is 5.15 Å². The second-order valence-corrected chi connectivity index (χ2v) is 4.17. The van der Waals surface area contributed by atoms with Crippen molar-refractivity contribution < 1.29 is 9.53 Å². The quantitative estimate of drug-likeness (QED) is 0.530. The highest BCUT2D eigenvalue weighted by atomic mass is 35.5. The molecule has 3 aromatic heterocycles. The molecule has 19 heavy (non-hydrogen) atoms. The SMILES string of the molecule is CCOC(=O)c1cc2nc(Cl)c3ccncc3n2n1. The Morgan fingerprint density at radius 1 is 1.53 bits per heavy atom. The molecule has 6 nitrogen and oxygen atoms in total. The van der Waals surface area contributed by atoms with Crippen LogP contribution in [-0.4, -0.2) is 32.2 Å². The van der Waals surface area contributed by atoms with Crippen molar-refractivity contribution in [1.29, 1.82) is 0 Å². The Labute approximate surface area is 113 Å². The summed E-state index contributed by atoms with van der Waals surface area (Å²) in [7, 11) is 0. The first-order valence-electron chi connectivity index (χ1n) is 5.67. The maximum atomic E-state index is 11.7. The van der Waals surface area contributed by atoms with Gasteiger partial charge in [-0.2, -0.15) is 5.10 Å². The normalized spacial score (nSPS) is 11.1. The average Bonchev–Trinajstić information content (AvgIpc) is 2.83. The van der Waals surface area contributed by atoms with Crippen LogP contribution in [0.1, 0.15) is 17.4 Å². The van der Waals surface area contributed by atoms with E-state index in [9.17, 15) is 4.79 Å². The molecule has 0 saturated carbocycles. The molecule has 0 amide bonds. The lowest BCUT2D eigenvalue weighted by Gasteiger charge is -2.01. The predicted octanol–water partition coefficient (Wildman–Crippen LogP) is 2.11. The van der Waals surface area contributed by atoms with E-state index >= 15 is 0 Å². The van der Waals surface area contributed by atoms with Crippen molar-refractivity contribution in [2.24, 2.45) is 0 Å². The monoisotopic (exact) mass is 276 g/mol. The van der Waals surface area contributed by atoms with Gasteiger partial charge in [0.1, 0.15) is 5.15 Å². The first kappa shape index (κ1) is 11.9. The minimum atomic E-state index is -0.485. The Balaban J connectivity index is 2.28. The highest BCUT2D eigenvalue weighted by Crippen LogP contribution is 2.22. The summed E-state index contributed by atoms with van der Waals surface area (Å²) in [5.41, 5.74) is 1.36. The van der Waals surface area contributed by atoms with Crippen molar-refractivity contribution in [3.05, 3.63) is 35.4 Å². The van der Waals surface area contributed by atoms with E-state index in [1.54, 1.807) is 25.4 Å². The van der Waals surface area contributed by atoms with Crippen LogP contribution in [0.3, 0.4) is 0 Å². The van der Waals surface area contributed by atoms with Gasteiger partial charge < -0.3 is 4.74 Å². The molecule has 0 spiro atoms. The summed E-state index contributed by atoms with van der Waals surface area (Å²) in [4.78, 5) is 19.9. The van der Waals surface area contributed by atoms with Crippen LogP contribution in [0, 0.1) is 0 Å². The molecule has 3 aromatic rings. The van der Waals surface area contributed by atoms with Crippen molar-refractivity contribution in [3.63, 3.8) is 0 Å². The van der Waals surface area contributed by atoms with Crippen LogP contribution in [0.4, 0.5) is 0 Å². The van der Waals surface area contributed by atoms with Crippen molar-refractivity contribution in [2.75, 3.05) is 6.61 Å². The lowest BCUT2D eigenvalue weighted by molar-refractivity contribution is 0.0519. The lowest BCUT2D eigenvalue weighted by atomic mass is 10.3. The van der Waals surface area contributed by atoms with E-state index in [-0.39, 0.29) is 5.69 Å². The minimum absolute atomic E-state index is 0.196. The number of aromatic nitrogens is 4. The van der Waals surface area contributed by atoms with Crippen molar-refractivity contribution in [1.82, 2.24) is 19.6 Å². The molecule has 0 aromatic carbocycles. The third-order valence-corrected chi connectivity index (χ3v) is 2.93. The van der Waals surface area contributed by atoms with Gasteiger partial charge in [0.15, 0.2) is 11.3 Å². The Kier molecular flexibility index (Phi) is 2.79. The number of hydrogen-bond donors (Lipinski definition) is 0. The molecule has 0 atom stereocenters. The van der Waals surface area contributed by atoms with Crippen LogP contribution < -0.4 is 0 Å². The summed E-state index contributed by atoms with van der Waals surface area (Å²) < 4.78 is 6.44. The second kappa shape index (κ2) is 4.47. The number of esters is 1. The van der Waals surface area contributed by atoms with E-state index in [0.717, 1.165) is 5.39 Å². The standard InChI is InChI=1S/C12H9ClN4O2/c1-2-19-12(18)8-5-10-15-11(13)7-3-4-14-6-9(7)17(10)16-8/h3-6H,2H2,1H3. The fraction of sp³-hybridized carbons (Fsp3) is 0.167. The number of nitrogens with zero attached hydrogens (tertiary/aromatic N) is 4. The smallest absolute Gasteiger partial charge is 0.358 e. The maximum Gasteiger partial charge on any atom is 0.358 e. The average molecular weight is 277 g/mol. The van der Waals surface area contributed by atoms with Gasteiger partial charge in [-0.3, -0.25) is 4.98 Å². The van der Waals surface area contributed by atoms with Crippen LogP contribution >= 0.6 is 11.6 Å². The van der Waals surface area contributed by atoms with Gasteiger partial charge in [0, 0.05) is 17.6 Å². The molecular weight excluding hydrogens is 268 g/mol.